The second kappa shape index (κ2) is 6.58. The summed E-state index contributed by atoms with van der Waals surface area (Å²) in [6.07, 6.45) is 0. The van der Waals surface area contributed by atoms with Crippen LogP contribution in [-0.4, -0.2) is 37.8 Å². The molecule has 0 radical (unpaired) electrons. The molecule has 20 heavy (non-hydrogen) atoms. The maximum atomic E-state index is 11.7. The summed E-state index contributed by atoms with van der Waals surface area (Å²) in [5.41, 5.74) is -0.217. The molecule has 0 heterocycles. The zero-order chi connectivity index (χ0) is 15.3. The molecule has 0 amide bonds. The fourth-order valence-electron chi connectivity index (χ4n) is 1.35. The van der Waals surface area contributed by atoms with Crippen LogP contribution < -0.4 is 4.72 Å². The summed E-state index contributed by atoms with van der Waals surface area (Å²) in [6.45, 7) is 1.61. The lowest BCUT2D eigenvalue weighted by Crippen LogP contribution is -2.24. The average Bonchev–Trinajstić information content (AvgIpc) is 2.26. The van der Waals surface area contributed by atoms with Gasteiger partial charge in [0.1, 0.15) is 0 Å². The molecule has 1 aromatic carbocycles. The van der Waals surface area contributed by atoms with Crippen LogP contribution >= 0.6 is 11.6 Å². The monoisotopic (exact) mass is 321 g/mol. The lowest BCUT2D eigenvalue weighted by atomic mass is 10.2. The highest BCUT2D eigenvalue weighted by atomic mass is 35.5. The molecular weight excluding hydrogens is 310 g/mol. The molecule has 9 heteroatoms. The third kappa shape index (κ3) is 5.06. The Kier molecular flexibility index (Phi) is 5.34. The molecule has 0 unspecified atom stereocenters. The van der Waals surface area contributed by atoms with Gasteiger partial charge >= 0.3 is 11.9 Å². The molecule has 0 saturated carbocycles. The van der Waals surface area contributed by atoms with Crippen molar-refractivity contribution in [3.8, 4) is 0 Å². The lowest BCUT2D eigenvalue weighted by Gasteiger charge is -2.09. The number of carbonyl (C=O) groups excluding carboxylic acids is 1. The topological polar surface area (TPSA) is 110 Å². The van der Waals surface area contributed by atoms with Gasteiger partial charge in [0.05, 0.1) is 17.9 Å². The van der Waals surface area contributed by atoms with Crippen LogP contribution in [-0.2, 0) is 19.6 Å². The molecule has 0 aliphatic rings. The van der Waals surface area contributed by atoms with Gasteiger partial charge in [0, 0.05) is 5.02 Å². The Bertz CT molecular complexity index is 628. The summed E-state index contributed by atoms with van der Waals surface area (Å²) in [4.78, 5) is 22.0. The molecule has 0 atom stereocenters. The molecule has 0 aliphatic carbocycles. The first-order valence-corrected chi connectivity index (χ1v) is 7.46. The highest BCUT2D eigenvalue weighted by Gasteiger charge is 2.18. The Morgan fingerprint density at radius 3 is 2.55 bits per heavy atom. The number of sulfonamides is 1. The highest BCUT2D eigenvalue weighted by molar-refractivity contribution is 7.93. The number of ether oxygens (including phenoxy) is 1. The number of anilines is 1. The van der Waals surface area contributed by atoms with E-state index < -0.39 is 27.7 Å². The number of hydrogen-bond donors (Lipinski definition) is 2. The number of carboxylic acid groups (broad SMARTS) is 1. The van der Waals surface area contributed by atoms with E-state index in [1.165, 1.54) is 12.1 Å². The van der Waals surface area contributed by atoms with E-state index in [0.29, 0.717) is 0 Å². The highest BCUT2D eigenvalue weighted by Crippen LogP contribution is 2.20. The molecule has 1 aromatic rings. The van der Waals surface area contributed by atoms with Crippen LogP contribution in [0.15, 0.2) is 18.2 Å². The summed E-state index contributed by atoms with van der Waals surface area (Å²) < 4.78 is 29.9. The molecule has 0 aliphatic heterocycles. The van der Waals surface area contributed by atoms with Crippen molar-refractivity contribution >= 4 is 39.3 Å². The molecule has 2 N–H and O–H groups in total. The lowest BCUT2D eigenvalue weighted by molar-refractivity contribution is -0.139. The summed E-state index contributed by atoms with van der Waals surface area (Å²) in [5, 5.41) is 8.89. The number of rotatable bonds is 6. The molecule has 1 rings (SSSR count). The van der Waals surface area contributed by atoms with Gasteiger partial charge in [-0.1, -0.05) is 11.6 Å². The van der Waals surface area contributed by atoms with E-state index in [-0.39, 0.29) is 22.9 Å². The van der Waals surface area contributed by atoms with E-state index in [9.17, 15) is 18.0 Å². The fourth-order valence-corrected chi connectivity index (χ4v) is 2.52. The third-order valence-corrected chi connectivity index (χ3v) is 3.41. The molecular formula is C11H12ClNO6S. The molecule has 7 nitrogen and oxygen atoms in total. The summed E-state index contributed by atoms with van der Waals surface area (Å²) in [7, 11) is -3.99. The Morgan fingerprint density at radius 2 is 2.00 bits per heavy atom. The van der Waals surface area contributed by atoms with Crippen LogP contribution in [0.4, 0.5) is 5.69 Å². The number of hydrogen-bond acceptors (Lipinski definition) is 5. The standard InChI is InChI=1S/C11H12ClNO6S/c1-2-19-10(14)6-20(17,18)13-9-4-7(11(15)16)3-8(12)5-9/h3-5,13H,2,6H2,1H3,(H,15,16). The van der Waals surface area contributed by atoms with Gasteiger partial charge in [-0.05, 0) is 25.1 Å². The third-order valence-electron chi connectivity index (χ3n) is 2.03. The number of aromatic carboxylic acids is 1. The minimum atomic E-state index is -3.99. The number of carbonyl (C=O) groups is 2. The number of nitrogens with one attached hydrogen (secondary N) is 1. The van der Waals surface area contributed by atoms with Crippen molar-refractivity contribution in [2.24, 2.45) is 0 Å². The van der Waals surface area contributed by atoms with Crippen LogP contribution in [0, 0.1) is 0 Å². The van der Waals surface area contributed by atoms with Crippen molar-refractivity contribution in [3.63, 3.8) is 0 Å². The zero-order valence-electron chi connectivity index (χ0n) is 10.4. The Labute approximate surface area is 120 Å². The van der Waals surface area contributed by atoms with Crippen LogP contribution in [0.25, 0.3) is 0 Å². The van der Waals surface area contributed by atoms with Crippen LogP contribution in [0.1, 0.15) is 17.3 Å². The predicted octanol–water partition coefficient (Wildman–Crippen LogP) is 1.34. The molecule has 0 spiro atoms. The van der Waals surface area contributed by atoms with E-state index in [4.69, 9.17) is 16.7 Å². The summed E-state index contributed by atoms with van der Waals surface area (Å²) >= 11 is 5.69. The first-order chi connectivity index (χ1) is 9.23. The van der Waals surface area contributed by atoms with Crippen LogP contribution in [0.3, 0.4) is 0 Å². The molecule has 0 fully saturated rings. The van der Waals surface area contributed by atoms with E-state index in [2.05, 4.69) is 9.46 Å². The summed E-state index contributed by atoms with van der Waals surface area (Å²) in [5.74, 6) is -3.02. The van der Waals surface area contributed by atoms with Gasteiger partial charge in [0.15, 0.2) is 5.75 Å². The van der Waals surface area contributed by atoms with Gasteiger partial charge in [0.2, 0.25) is 10.0 Å². The minimum Gasteiger partial charge on any atom is -0.478 e. The van der Waals surface area contributed by atoms with Crippen LogP contribution in [0.5, 0.6) is 0 Å². The quantitative estimate of drug-likeness (QED) is 0.765. The maximum absolute atomic E-state index is 11.7. The Morgan fingerprint density at radius 1 is 1.35 bits per heavy atom. The first kappa shape index (κ1) is 16.3. The van der Waals surface area contributed by atoms with Gasteiger partial charge in [-0.2, -0.15) is 0 Å². The average molecular weight is 322 g/mol. The second-order valence-corrected chi connectivity index (χ2v) is 5.86. The van der Waals surface area contributed by atoms with Gasteiger partial charge in [-0.25, -0.2) is 13.2 Å². The van der Waals surface area contributed by atoms with Crippen molar-refractivity contribution in [3.05, 3.63) is 28.8 Å². The van der Waals surface area contributed by atoms with Gasteiger partial charge in [-0.3, -0.25) is 9.52 Å². The predicted molar refractivity (Wildman–Crippen MR) is 72.5 cm³/mol. The first-order valence-electron chi connectivity index (χ1n) is 5.43. The Hall–Kier alpha value is -1.80. The smallest absolute Gasteiger partial charge is 0.335 e. The molecule has 0 aromatic heterocycles. The van der Waals surface area contributed by atoms with Crippen molar-refractivity contribution in [1.29, 1.82) is 0 Å². The van der Waals surface area contributed by atoms with Crippen molar-refractivity contribution < 1.29 is 27.9 Å². The number of carboxylic acids is 1. The minimum absolute atomic E-state index is 0.0424. The fraction of sp³-hybridized carbons (Fsp3) is 0.273. The van der Waals surface area contributed by atoms with Crippen molar-refractivity contribution in [2.75, 3.05) is 17.1 Å². The number of halogens is 1. The van der Waals surface area contributed by atoms with E-state index >= 15 is 0 Å². The largest absolute Gasteiger partial charge is 0.478 e. The number of benzene rings is 1. The normalized spacial score (nSPS) is 10.9. The van der Waals surface area contributed by atoms with E-state index in [1.807, 2.05) is 0 Å². The van der Waals surface area contributed by atoms with Crippen LogP contribution in [0.2, 0.25) is 5.02 Å². The maximum Gasteiger partial charge on any atom is 0.335 e. The second-order valence-electron chi connectivity index (χ2n) is 3.70. The Balaban J connectivity index is 2.92. The van der Waals surface area contributed by atoms with Gasteiger partial charge in [-0.15, -0.1) is 0 Å². The van der Waals surface area contributed by atoms with E-state index in [0.717, 1.165) is 6.07 Å². The SMILES string of the molecule is CCOC(=O)CS(=O)(=O)Nc1cc(Cl)cc(C(=O)O)c1. The summed E-state index contributed by atoms with van der Waals surface area (Å²) in [6, 6.07) is 3.50. The van der Waals surface area contributed by atoms with Crippen molar-refractivity contribution in [2.45, 2.75) is 6.92 Å². The van der Waals surface area contributed by atoms with Gasteiger partial charge < -0.3 is 9.84 Å². The molecule has 110 valence electrons. The molecule has 0 bridgehead atoms. The van der Waals surface area contributed by atoms with E-state index in [1.54, 1.807) is 6.92 Å². The molecule has 0 saturated heterocycles. The van der Waals surface area contributed by atoms with Gasteiger partial charge in [0.25, 0.3) is 0 Å². The zero-order valence-corrected chi connectivity index (χ0v) is 12.0. The van der Waals surface area contributed by atoms with Crippen molar-refractivity contribution in [1.82, 2.24) is 0 Å². The number of esters is 1.